The van der Waals surface area contributed by atoms with E-state index in [4.69, 9.17) is 0 Å². The van der Waals surface area contributed by atoms with Gasteiger partial charge in [-0.25, -0.2) is 14.6 Å². The van der Waals surface area contributed by atoms with E-state index in [9.17, 15) is 13.9 Å². The Morgan fingerprint density at radius 2 is 1.91 bits per heavy atom. The van der Waals surface area contributed by atoms with Crippen LogP contribution in [0.15, 0.2) is 72.3 Å². The van der Waals surface area contributed by atoms with Gasteiger partial charge in [-0.15, -0.1) is 15.9 Å². The summed E-state index contributed by atoms with van der Waals surface area (Å²) in [4.78, 5) is 26.6. The minimum absolute atomic E-state index is 0.168. The molecule has 0 radical (unpaired) electrons. The Kier molecular flexibility index (Phi) is 9.14. The van der Waals surface area contributed by atoms with Crippen LogP contribution in [0, 0.1) is 19.8 Å². The van der Waals surface area contributed by atoms with E-state index >= 15 is 0 Å². The number of pyridine rings is 1. The lowest BCUT2D eigenvalue weighted by atomic mass is 9.84. The molecule has 1 aliphatic heterocycles. The lowest BCUT2D eigenvalue weighted by Crippen LogP contribution is -2.31. The standard InChI is InChI=1S/C34H40N8O3S/c1-5-24-14-30-32(8-7-13-37-30)46(44,45)41(19-24)20-26-15-25(10-9-22(26)3)29(16-33(43)38-27-17-35-21-36-18-27)28-11-12-31-34(23(28)4)39-40-42(31)6-2/h7-13,15,17-18,21,24,29,44-45H,5-6,14,16,19-20H2,1-4H3,(H,38,43). The summed E-state index contributed by atoms with van der Waals surface area (Å²) in [6, 6.07) is 13.9. The highest BCUT2D eigenvalue weighted by atomic mass is 32.3. The van der Waals surface area contributed by atoms with Crippen LogP contribution in [0.1, 0.15) is 66.1 Å². The fraction of sp³-hybridized carbons (Fsp3) is 0.353. The molecule has 3 aromatic heterocycles. The third kappa shape index (κ3) is 6.25. The van der Waals surface area contributed by atoms with E-state index in [-0.39, 0.29) is 24.2 Å². The highest BCUT2D eigenvalue weighted by molar-refractivity contribution is 8.22. The fourth-order valence-electron chi connectivity index (χ4n) is 6.35. The van der Waals surface area contributed by atoms with E-state index in [2.05, 4.69) is 61.8 Å². The van der Waals surface area contributed by atoms with Crippen LogP contribution in [0.3, 0.4) is 0 Å². The van der Waals surface area contributed by atoms with E-state index in [0.29, 0.717) is 36.6 Å². The smallest absolute Gasteiger partial charge is 0.225 e. The normalized spacial score (nSPS) is 17.7. The number of anilines is 1. The van der Waals surface area contributed by atoms with Crippen molar-refractivity contribution in [2.45, 2.75) is 70.9 Å². The van der Waals surface area contributed by atoms with Gasteiger partial charge in [0.25, 0.3) is 0 Å². The summed E-state index contributed by atoms with van der Waals surface area (Å²) in [7, 11) is -3.27. The van der Waals surface area contributed by atoms with Crippen LogP contribution in [0.4, 0.5) is 5.69 Å². The number of carbonyl (C=O) groups excluding carboxylic acids is 1. The van der Waals surface area contributed by atoms with Crippen molar-refractivity contribution < 1.29 is 13.9 Å². The molecule has 0 spiro atoms. The number of carbonyl (C=O) groups is 1. The molecule has 2 aromatic carbocycles. The third-order valence-electron chi connectivity index (χ3n) is 9.04. The van der Waals surface area contributed by atoms with E-state index < -0.39 is 10.8 Å². The third-order valence-corrected chi connectivity index (χ3v) is 11.0. The summed E-state index contributed by atoms with van der Waals surface area (Å²) in [5.74, 6) is -0.247. The van der Waals surface area contributed by atoms with Crippen LogP contribution in [-0.2, 0) is 24.3 Å². The van der Waals surface area contributed by atoms with Crippen LogP contribution in [-0.4, -0.2) is 55.8 Å². The van der Waals surface area contributed by atoms with Crippen LogP contribution in [0.5, 0.6) is 0 Å². The number of hydrogen-bond acceptors (Lipinski definition) is 9. The Labute approximate surface area is 270 Å². The molecule has 46 heavy (non-hydrogen) atoms. The minimum Gasteiger partial charge on any atom is -0.323 e. The summed E-state index contributed by atoms with van der Waals surface area (Å²) in [5.41, 5.74) is 7.94. The number of hydrogen-bond donors (Lipinski definition) is 3. The molecule has 0 saturated carbocycles. The molecule has 1 amide bonds. The molecule has 5 aromatic rings. The predicted octanol–water partition coefficient (Wildman–Crippen LogP) is 6.52. The quantitative estimate of drug-likeness (QED) is 0.164. The van der Waals surface area contributed by atoms with Gasteiger partial charge in [-0.2, -0.15) is 4.31 Å². The second-order valence-electron chi connectivity index (χ2n) is 11.9. The minimum atomic E-state index is -3.27. The molecule has 0 aliphatic carbocycles. The van der Waals surface area contributed by atoms with Crippen molar-refractivity contribution in [1.29, 1.82) is 0 Å². The predicted molar refractivity (Wildman–Crippen MR) is 179 cm³/mol. The molecule has 240 valence electrons. The maximum atomic E-state index is 13.5. The van der Waals surface area contributed by atoms with E-state index in [0.717, 1.165) is 51.0 Å². The van der Waals surface area contributed by atoms with Crippen molar-refractivity contribution in [2.75, 3.05) is 11.9 Å². The van der Waals surface area contributed by atoms with Crippen molar-refractivity contribution in [3.8, 4) is 0 Å². The van der Waals surface area contributed by atoms with Crippen molar-refractivity contribution in [1.82, 2.24) is 34.3 Å². The van der Waals surface area contributed by atoms with Crippen molar-refractivity contribution in [3.05, 3.63) is 101 Å². The van der Waals surface area contributed by atoms with Crippen LogP contribution in [0.2, 0.25) is 0 Å². The lowest BCUT2D eigenvalue weighted by molar-refractivity contribution is -0.116. The molecule has 11 nitrogen and oxygen atoms in total. The maximum Gasteiger partial charge on any atom is 0.225 e. The number of amides is 1. The van der Waals surface area contributed by atoms with E-state index in [1.54, 1.807) is 30.7 Å². The van der Waals surface area contributed by atoms with Gasteiger partial charge in [0.1, 0.15) is 11.8 Å². The van der Waals surface area contributed by atoms with Crippen molar-refractivity contribution in [2.24, 2.45) is 5.92 Å². The summed E-state index contributed by atoms with van der Waals surface area (Å²) >= 11 is 0. The van der Waals surface area contributed by atoms with Gasteiger partial charge >= 0.3 is 0 Å². The summed E-state index contributed by atoms with van der Waals surface area (Å²) in [6.45, 7) is 9.80. The fourth-order valence-corrected chi connectivity index (χ4v) is 8.08. The average molecular weight is 641 g/mol. The van der Waals surface area contributed by atoms with Gasteiger partial charge in [-0.05, 0) is 79.1 Å². The number of aromatic nitrogens is 6. The Bertz CT molecular complexity index is 1860. The van der Waals surface area contributed by atoms with Gasteiger partial charge < -0.3 is 5.32 Å². The number of nitrogens with one attached hydrogen (secondary N) is 1. The molecule has 2 unspecified atom stereocenters. The van der Waals surface area contributed by atoms with Crippen LogP contribution < -0.4 is 5.32 Å². The average Bonchev–Trinajstić information content (AvgIpc) is 3.45. The van der Waals surface area contributed by atoms with Gasteiger partial charge in [0.05, 0.1) is 34.2 Å². The first-order valence-corrected chi connectivity index (χ1v) is 17.1. The first-order chi connectivity index (χ1) is 22.2. The van der Waals surface area contributed by atoms with E-state index in [1.807, 2.05) is 35.8 Å². The van der Waals surface area contributed by atoms with Gasteiger partial charge in [-0.1, -0.05) is 42.8 Å². The Hall–Kier alpha value is -4.23. The van der Waals surface area contributed by atoms with Gasteiger partial charge in [0.15, 0.2) is 0 Å². The monoisotopic (exact) mass is 640 g/mol. The zero-order valence-electron chi connectivity index (χ0n) is 26.6. The molecule has 0 bridgehead atoms. The molecule has 0 fully saturated rings. The van der Waals surface area contributed by atoms with Crippen molar-refractivity contribution >= 4 is 33.4 Å². The molecule has 3 N–H and O–H groups in total. The van der Waals surface area contributed by atoms with Gasteiger partial charge in [0, 0.05) is 38.2 Å². The first kappa shape index (κ1) is 31.7. The topological polar surface area (TPSA) is 142 Å². The molecular weight excluding hydrogens is 600 g/mol. The van der Waals surface area contributed by atoms with Crippen molar-refractivity contribution in [3.63, 3.8) is 0 Å². The number of fused-ring (bicyclic) bond motifs is 2. The highest BCUT2D eigenvalue weighted by Crippen LogP contribution is 2.55. The second kappa shape index (κ2) is 13.2. The zero-order valence-corrected chi connectivity index (χ0v) is 27.4. The largest absolute Gasteiger partial charge is 0.323 e. The Balaban J connectivity index is 1.39. The molecule has 12 heteroatoms. The number of rotatable bonds is 9. The van der Waals surface area contributed by atoms with Gasteiger partial charge in [-0.3, -0.25) is 18.9 Å². The lowest BCUT2D eigenvalue weighted by Gasteiger charge is -2.43. The summed E-state index contributed by atoms with van der Waals surface area (Å²) in [6.07, 6.45) is 8.05. The molecule has 4 heterocycles. The Morgan fingerprint density at radius 1 is 1.11 bits per heavy atom. The zero-order chi connectivity index (χ0) is 32.4. The first-order valence-electron chi connectivity index (χ1n) is 15.6. The Morgan fingerprint density at radius 3 is 2.67 bits per heavy atom. The molecule has 6 rings (SSSR count). The van der Waals surface area contributed by atoms with E-state index in [1.165, 1.54) is 6.33 Å². The number of aryl methyl sites for hydroxylation is 3. The maximum absolute atomic E-state index is 13.5. The second-order valence-corrected chi connectivity index (χ2v) is 13.9. The van der Waals surface area contributed by atoms with Gasteiger partial charge in [0.2, 0.25) is 5.91 Å². The summed E-state index contributed by atoms with van der Waals surface area (Å²) in [5, 5.41) is 11.7. The number of benzene rings is 2. The SMILES string of the molecule is CCC1Cc2ncccc2S(O)(O)N(Cc2cc(C(CC(=O)Nc3cncnc3)c3ccc4c(nnn4CC)c3C)ccc2C)C1. The summed E-state index contributed by atoms with van der Waals surface area (Å²) < 4.78 is 27.0. The number of nitrogens with zero attached hydrogens (tertiary/aromatic N) is 7. The molecule has 0 saturated heterocycles. The molecule has 2 atom stereocenters. The van der Waals surface area contributed by atoms with Crippen LogP contribution in [0.25, 0.3) is 11.0 Å². The molecular formula is C34H40N8O3S. The molecule has 1 aliphatic rings. The highest BCUT2D eigenvalue weighted by Gasteiger charge is 2.34. The van der Waals surface area contributed by atoms with Crippen LogP contribution >= 0.6 is 10.8 Å².